The summed E-state index contributed by atoms with van der Waals surface area (Å²) in [5.74, 6) is 1.19. The van der Waals surface area contributed by atoms with Gasteiger partial charge in [-0.15, -0.1) is 0 Å². The molecule has 0 bridgehead atoms. The van der Waals surface area contributed by atoms with Crippen LogP contribution in [0, 0.1) is 6.92 Å². The summed E-state index contributed by atoms with van der Waals surface area (Å²) in [5.41, 5.74) is 2.09. The fourth-order valence-corrected chi connectivity index (χ4v) is 3.92. The van der Waals surface area contributed by atoms with E-state index in [1.165, 1.54) is 0 Å². The first-order chi connectivity index (χ1) is 14.5. The first-order valence-corrected chi connectivity index (χ1v) is 10.3. The van der Waals surface area contributed by atoms with Gasteiger partial charge in [0.05, 0.1) is 0 Å². The second kappa shape index (κ2) is 8.30. The van der Waals surface area contributed by atoms with Crippen LogP contribution in [0.4, 0.5) is 0 Å². The van der Waals surface area contributed by atoms with Gasteiger partial charge in [0, 0.05) is 23.6 Å². The maximum absolute atomic E-state index is 12.8. The lowest BCUT2D eigenvalue weighted by Gasteiger charge is -2.23. The van der Waals surface area contributed by atoms with Gasteiger partial charge < -0.3 is 18.6 Å². The van der Waals surface area contributed by atoms with E-state index in [4.69, 9.17) is 13.7 Å². The number of nitrogens with zero attached hydrogens (tertiary/aromatic N) is 3. The van der Waals surface area contributed by atoms with Crippen molar-refractivity contribution in [1.82, 2.24) is 15.0 Å². The van der Waals surface area contributed by atoms with Crippen molar-refractivity contribution in [3.05, 3.63) is 51.5 Å². The first-order valence-electron chi connectivity index (χ1n) is 10.3. The monoisotopic (exact) mass is 411 g/mol. The molecule has 8 nitrogen and oxygen atoms in total. The van der Waals surface area contributed by atoms with Crippen molar-refractivity contribution in [2.45, 2.75) is 59.1 Å². The molecule has 4 rings (SSSR count). The summed E-state index contributed by atoms with van der Waals surface area (Å²) < 4.78 is 16.5. The van der Waals surface area contributed by atoms with E-state index >= 15 is 0 Å². The van der Waals surface area contributed by atoms with Crippen molar-refractivity contribution in [1.29, 1.82) is 0 Å². The molecule has 2 heterocycles. The standard InChI is InChI=1S/C22H25N3O5/c1-4-25(12-20-23-14(3)24-30-20)21(26)13(2)28-15-9-10-17-16-7-5-6-8-18(16)22(27)29-19(17)11-15/h9-11,13H,4-8,12H2,1-3H3. The number of amides is 1. The highest BCUT2D eigenvalue weighted by Gasteiger charge is 2.24. The van der Waals surface area contributed by atoms with Crippen LogP contribution in [0.5, 0.6) is 5.75 Å². The fourth-order valence-electron chi connectivity index (χ4n) is 3.92. The average molecular weight is 411 g/mol. The van der Waals surface area contributed by atoms with Crippen LogP contribution < -0.4 is 10.4 Å². The van der Waals surface area contributed by atoms with E-state index < -0.39 is 6.10 Å². The molecule has 1 atom stereocenters. The zero-order chi connectivity index (χ0) is 21.3. The quantitative estimate of drug-likeness (QED) is 0.575. The Hall–Kier alpha value is -3.16. The number of likely N-dealkylation sites (N-methyl/N-ethyl adjacent to an activating group) is 1. The van der Waals surface area contributed by atoms with Crippen molar-refractivity contribution in [2.75, 3.05) is 6.54 Å². The minimum absolute atomic E-state index is 0.194. The molecule has 30 heavy (non-hydrogen) atoms. The van der Waals surface area contributed by atoms with E-state index in [-0.39, 0.29) is 18.1 Å². The molecule has 158 valence electrons. The van der Waals surface area contributed by atoms with Crippen LogP contribution in [-0.4, -0.2) is 33.6 Å². The predicted octanol–water partition coefficient (Wildman–Crippen LogP) is 3.18. The summed E-state index contributed by atoms with van der Waals surface area (Å²) in [6.07, 6.45) is 3.01. The molecule has 0 saturated heterocycles. The number of aromatic nitrogens is 2. The third-order valence-corrected chi connectivity index (χ3v) is 5.44. The van der Waals surface area contributed by atoms with Crippen LogP contribution in [0.25, 0.3) is 11.0 Å². The van der Waals surface area contributed by atoms with E-state index in [1.54, 1.807) is 24.8 Å². The van der Waals surface area contributed by atoms with E-state index in [2.05, 4.69) is 10.1 Å². The molecule has 2 aromatic heterocycles. The highest BCUT2D eigenvalue weighted by atomic mass is 16.5. The Morgan fingerprint density at radius 3 is 2.73 bits per heavy atom. The number of hydrogen-bond acceptors (Lipinski definition) is 7. The second-order valence-electron chi connectivity index (χ2n) is 7.56. The minimum Gasteiger partial charge on any atom is -0.481 e. The van der Waals surface area contributed by atoms with Gasteiger partial charge >= 0.3 is 5.63 Å². The van der Waals surface area contributed by atoms with Gasteiger partial charge in [-0.3, -0.25) is 4.79 Å². The van der Waals surface area contributed by atoms with Gasteiger partial charge in [0.15, 0.2) is 11.9 Å². The predicted molar refractivity (Wildman–Crippen MR) is 109 cm³/mol. The Morgan fingerprint density at radius 2 is 2.03 bits per heavy atom. The van der Waals surface area contributed by atoms with Crippen molar-refractivity contribution in [2.24, 2.45) is 0 Å². The molecule has 1 aliphatic carbocycles. The van der Waals surface area contributed by atoms with Gasteiger partial charge in [0.1, 0.15) is 17.9 Å². The smallest absolute Gasteiger partial charge is 0.339 e. The highest BCUT2D eigenvalue weighted by molar-refractivity contribution is 5.83. The third-order valence-electron chi connectivity index (χ3n) is 5.44. The summed E-state index contributed by atoms with van der Waals surface area (Å²) in [6, 6.07) is 5.42. The molecule has 0 N–H and O–H groups in total. The number of hydrogen-bond donors (Lipinski definition) is 0. The fraction of sp³-hybridized carbons (Fsp3) is 0.455. The summed E-state index contributed by atoms with van der Waals surface area (Å²) in [4.78, 5) is 30.9. The number of carbonyl (C=O) groups excluding carboxylic acids is 1. The van der Waals surface area contributed by atoms with E-state index in [1.807, 2.05) is 19.1 Å². The van der Waals surface area contributed by atoms with Crippen LogP contribution >= 0.6 is 0 Å². The SMILES string of the molecule is CCN(Cc1nc(C)no1)C(=O)C(C)Oc1ccc2c3c(c(=O)oc2c1)CCCC3. The number of carbonyl (C=O) groups is 1. The maximum Gasteiger partial charge on any atom is 0.339 e. The lowest BCUT2D eigenvalue weighted by molar-refractivity contribution is -0.138. The number of rotatable bonds is 6. The van der Waals surface area contributed by atoms with Gasteiger partial charge in [-0.25, -0.2) is 4.79 Å². The molecule has 3 aromatic rings. The second-order valence-corrected chi connectivity index (χ2v) is 7.56. The highest BCUT2D eigenvalue weighted by Crippen LogP contribution is 2.29. The van der Waals surface area contributed by atoms with Gasteiger partial charge in [-0.2, -0.15) is 4.98 Å². The van der Waals surface area contributed by atoms with Crippen LogP contribution in [0.1, 0.15) is 49.5 Å². The number of ether oxygens (including phenoxy) is 1. The minimum atomic E-state index is -0.726. The normalized spacial score (nSPS) is 14.4. The topological polar surface area (TPSA) is 98.7 Å². The average Bonchev–Trinajstić information content (AvgIpc) is 3.16. The zero-order valence-electron chi connectivity index (χ0n) is 17.4. The molecular formula is C22H25N3O5. The molecule has 1 amide bonds. The van der Waals surface area contributed by atoms with Crippen LogP contribution in [0.3, 0.4) is 0 Å². The summed E-state index contributed by atoms with van der Waals surface area (Å²) in [5, 5.41) is 4.69. The molecule has 0 spiro atoms. The lowest BCUT2D eigenvalue weighted by atomic mass is 9.91. The maximum atomic E-state index is 12.8. The van der Waals surface area contributed by atoms with Gasteiger partial charge in [-0.1, -0.05) is 5.16 Å². The Kier molecular flexibility index (Phi) is 5.57. The van der Waals surface area contributed by atoms with E-state index in [9.17, 15) is 9.59 Å². The number of benzene rings is 1. The summed E-state index contributed by atoms with van der Waals surface area (Å²) in [7, 11) is 0. The lowest BCUT2D eigenvalue weighted by Crippen LogP contribution is -2.40. The van der Waals surface area contributed by atoms with Crippen LogP contribution in [0.2, 0.25) is 0 Å². The Balaban J connectivity index is 1.52. The third kappa shape index (κ3) is 3.94. The molecular weight excluding hydrogens is 386 g/mol. The van der Waals surface area contributed by atoms with Gasteiger partial charge in [0.25, 0.3) is 5.91 Å². The number of aryl methyl sites for hydroxylation is 2. The molecule has 1 unspecified atom stereocenters. The van der Waals surface area contributed by atoms with Gasteiger partial charge in [0.2, 0.25) is 5.89 Å². The van der Waals surface area contributed by atoms with Crippen molar-refractivity contribution in [3.8, 4) is 5.75 Å². The molecule has 0 saturated carbocycles. The van der Waals surface area contributed by atoms with Crippen LogP contribution in [0.15, 0.2) is 31.9 Å². The molecule has 0 aliphatic heterocycles. The van der Waals surface area contributed by atoms with Crippen molar-refractivity contribution in [3.63, 3.8) is 0 Å². The first kappa shape index (κ1) is 20.1. The van der Waals surface area contributed by atoms with E-state index in [0.29, 0.717) is 29.6 Å². The molecule has 8 heteroatoms. The summed E-state index contributed by atoms with van der Waals surface area (Å²) in [6.45, 7) is 6.00. The summed E-state index contributed by atoms with van der Waals surface area (Å²) >= 11 is 0. The molecule has 0 radical (unpaired) electrons. The Labute approximate surface area is 173 Å². The number of fused-ring (bicyclic) bond motifs is 3. The molecule has 1 aromatic carbocycles. The molecule has 0 fully saturated rings. The van der Waals surface area contributed by atoms with Crippen molar-refractivity contribution < 1.29 is 18.5 Å². The van der Waals surface area contributed by atoms with E-state index in [0.717, 1.165) is 42.2 Å². The van der Waals surface area contributed by atoms with Gasteiger partial charge in [-0.05, 0) is 64.2 Å². The zero-order valence-corrected chi connectivity index (χ0v) is 17.4. The Morgan fingerprint density at radius 1 is 1.27 bits per heavy atom. The largest absolute Gasteiger partial charge is 0.481 e. The Bertz CT molecular complexity index is 1130. The molecule has 1 aliphatic rings. The van der Waals surface area contributed by atoms with Crippen molar-refractivity contribution >= 4 is 16.9 Å². The van der Waals surface area contributed by atoms with Crippen LogP contribution in [-0.2, 0) is 24.2 Å².